The first-order valence-electron chi connectivity index (χ1n) is 8.37. The number of aryl methyl sites for hydroxylation is 1. The summed E-state index contributed by atoms with van der Waals surface area (Å²) in [5, 5.41) is 12.2. The summed E-state index contributed by atoms with van der Waals surface area (Å²) in [5.41, 5.74) is 11.3. The number of hydrogen-bond donors (Lipinski definition) is 2. The maximum Gasteiger partial charge on any atom is 0.152 e. The maximum absolute atomic E-state index is 10.2. The van der Waals surface area contributed by atoms with Crippen LogP contribution in [-0.4, -0.2) is 24.6 Å². The Kier molecular flexibility index (Phi) is 3.82. The molecule has 3 N–H and O–H groups in total. The second-order valence-corrected chi connectivity index (χ2v) is 7.01. The molecule has 0 aliphatic carbocycles. The number of anilines is 1. The fraction of sp³-hybridized carbons (Fsp3) is 0.150. The van der Waals surface area contributed by atoms with E-state index in [1.54, 1.807) is 19.1 Å². The van der Waals surface area contributed by atoms with Crippen molar-refractivity contribution in [2.24, 2.45) is 0 Å². The standard InChI is InChI=1S/C20H18ClN5O/c1-9(2)12-7-13-16-18(22)23-8-24-20(16)26(19(13)25-11(12)4)17-10(3)15(27)6-5-14(17)21/h5-8,27H,1H2,2-4H3,(H2,22,23,24). The van der Waals surface area contributed by atoms with Gasteiger partial charge in [-0.05, 0) is 50.1 Å². The van der Waals surface area contributed by atoms with Crippen LogP contribution in [0.15, 0.2) is 31.1 Å². The van der Waals surface area contributed by atoms with E-state index in [-0.39, 0.29) is 5.75 Å². The first kappa shape index (κ1) is 17.3. The topological polar surface area (TPSA) is 89.8 Å². The van der Waals surface area contributed by atoms with Crippen LogP contribution in [0.2, 0.25) is 5.02 Å². The van der Waals surface area contributed by atoms with Crippen LogP contribution in [0, 0.1) is 13.8 Å². The number of aromatic nitrogens is 4. The molecular formula is C20H18ClN5O. The van der Waals surface area contributed by atoms with E-state index in [9.17, 15) is 5.11 Å². The van der Waals surface area contributed by atoms with Crippen molar-refractivity contribution in [2.75, 3.05) is 5.73 Å². The predicted molar refractivity (Wildman–Crippen MR) is 109 cm³/mol. The number of nitrogens with zero attached hydrogens (tertiary/aromatic N) is 4. The molecule has 4 aromatic rings. The quantitative estimate of drug-likeness (QED) is 0.532. The van der Waals surface area contributed by atoms with Crippen molar-refractivity contribution < 1.29 is 5.11 Å². The number of hydrogen-bond acceptors (Lipinski definition) is 5. The average Bonchev–Trinajstić information content (AvgIpc) is 2.92. The molecule has 0 unspecified atom stereocenters. The van der Waals surface area contributed by atoms with E-state index in [2.05, 4.69) is 16.5 Å². The number of rotatable bonds is 2. The first-order chi connectivity index (χ1) is 12.8. The largest absolute Gasteiger partial charge is 0.508 e. The lowest BCUT2D eigenvalue weighted by atomic mass is 10.1. The highest BCUT2D eigenvalue weighted by molar-refractivity contribution is 6.33. The van der Waals surface area contributed by atoms with Gasteiger partial charge >= 0.3 is 0 Å². The molecule has 3 heterocycles. The Morgan fingerprint density at radius 2 is 1.96 bits per heavy atom. The normalized spacial score (nSPS) is 11.4. The highest BCUT2D eigenvalue weighted by Gasteiger charge is 2.22. The van der Waals surface area contributed by atoms with Crippen LogP contribution >= 0.6 is 11.6 Å². The Bertz CT molecular complexity index is 1260. The highest BCUT2D eigenvalue weighted by atomic mass is 35.5. The average molecular weight is 380 g/mol. The molecule has 1 aromatic carbocycles. The number of nitrogens with two attached hydrogens (primary N) is 1. The third-order valence-corrected chi connectivity index (χ3v) is 5.08. The lowest BCUT2D eigenvalue weighted by molar-refractivity contribution is 0.471. The molecule has 0 aliphatic rings. The molecule has 0 spiro atoms. The zero-order valence-electron chi connectivity index (χ0n) is 15.2. The van der Waals surface area contributed by atoms with Gasteiger partial charge in [-0.15, -0.1) is 0 Å². The molecule has 0 radical (unpaired) electrons. The zero-order valence-corrected chi connectivity index (χ0v) is 16.0. The maximum atomic E-state index is 10.2. The summed E-state index contributed by atoms with van der Waals surface area (Å²) in [7, 11) is 0. The van der Waals surface area contributed by atoms with Gasteiger partial charge in [0.05, 0.1) is 16.1 Å². The number of allylic oxidation sites excluding steroid dienone is 1. The lowest BCUT2D eigenvalue weighted by Crippen LogP contribution is -2.02. The van der Waals surface area contributed by atoms with Crippen molar-refractivity contribution in [1.29, 1.82) is 0 Å². The molecule has 0 saturated heterocycles. The smallest absolute Gasteiger partial charge is 0.152 e. The third-order valence-electron chi connectivity index (χ3n) is 4.78. The molecule has 6 nitrogen and oxygen atoms in total. The van der Waals surface area contributed by atoms with Crippen molar-refractivity contribution >= 4 is 45.1 Å². The Balaban J connectivity index is 2.28. The van der Waals surface area contributed by atoms with Crippen LogP contribution < -0.4 is 5.73 Å². The number of phenolic OH excluding ortho intramolecular Hbond substituents is 1. The van der Waals surface area contributed by atoms with Crippen molar-refractivity contribution in [3.05, 3.63) is 52.9 Å². The minimum absolute atomic E-state index is 0.140. The fourth-order valence-electron chi connectivity index (χ4n) is 3.44. The van der Waals surface area contributed by atoms with Gasteiger partial charge in [0.2, 0.25) is 0 Å². The van der Waals surface area contributed by atoms with Gasteiger partial charge in [-0.3, -0.25) is 4.57 Å². The molecule has 136 valence electrons. The molecule has 0 bridgehead atoms. The minimum atomic E-state index is 0.140. The Hall–Kier alpha value is -3.12. The summed E-state index contributed by atoms with van der Waals surface area (Å²) in [6.07, 6.45) is 1.41. The molecule has 7 heteroatoms. The van der Waals surface area contributed by atoms with E-state index in [0.29, 0.717) is 38.8 Å². The SMILES string of the molecule is C=C(C)c1cc2c3c(N)ncnc3n(-c3c(Cl)ccc(O)c3C)c2nc1C. The summed E-state index contributed by atoms with van der Waals surface area (Å²) < 4.78 is 1.83. The number of phenols is 1. The van der Waals surface area contributed by atoms with Gasteiger partial charge in [0, 0.05) is 16.6 Å². The third kappa shape index (κ3) is 2.44. The van der Waals surface area contributed by atoms with Crippen molar-refractivity contribution in [1.82, 2.24) is 19.5 Å². The van der Waals surface area contributed by atoms with Crippen LogP contribution in [0.1, 0.15) is 23.7 Å². The van der Waals surface area contributed by atoms with Gasteiger partial charge in [0.1, 0.15) is 23.5 Å². The molecule has 0 aliphatic heterocycles. The summed E-state index contributed by atoms with van der Waals surface area (Å²) in [6, 6.07) is 5.22. The van der Waals surface area contributed by atoms with Gasteiger partial charge in [-0.2, -0.15) is 0 Å². The van der Waals surface area contributed by atoms with Crippen LogP contribution in [0.5, 0.6) is 5.75 Å². The second-order valence-electron chi connectivity index (χ2n) is 6.61. The zero-order chi connectivity index (χ0) is 19.5. The van der Waals surface area contributed by atoms with E-state index in [1.165, 1.54) is 6.33 Å². The lowest BCUT2D eigenvalue weighted by Gasteiger charge is -2.13. The van der Waals surface area contributed by atoms with E-state index in [1.807, 2.05) is 24.5 Å². The monoisotopic (exact) mass is 379 g/mol. The first-order valence-corrected chi connectivity index (χ1v) is 8.75. The molecule has 0 saturated carbocycles. The second kappa shape index (κ2) is 5.96. The summed E-state index contributed by atoms with van der Waals surface area (Å²) in [6.45, 7) is 9.70. The van der Waals surface area contributed by atoms with Crippen molar-refractivity contribution in [3.8, 4) is 11.4 Å². The number of nitrogen functional groups attached to an aromatic ring is 1. The Morgan fingerprint density at radius 3 is 2.67 bits per heavy atom. The number of aromatic hydroxyl groups is 1. The molecule has 3 aromatic heterocycles. The number of pyridine rings is 1. The van der Waals surface area contributed by atoms with E-state index < -0.39 is 0 Å². The van der Waals surface area contributed by atoms with Crippen LogP contribution in [0.3, 0.4) is 0 Å². The van der Waals surface area contributed by atoms with Gasteiger partial charge in [0.25, 0.3) is 0 Å². The van der Waals surface area contributed by atoms with Gasteiger partial charge < -0.3 is 10.8 Å². The number of benzene rings is 1. The molecular weight excluding hydrogens is 362 g/mol. The van der Waals surface area contributed by atoms with Crippen LogP contribution in [-0.2, 0) is 0 Å². The van der Waals surface area contributed by atoms with Crippen molar-refractivity contribution in [2.45, 2.75) is 20.8 Å². The van der Waals surface area contributed by atoms with Crippen molar-refractivity contribution in [3.63, 3.8) is 0 Å². The molecule has 0 amide bonds. The highest BCUT2D eigenvalue weighted by Crippen LogP contribution is 2.39. The minimum Gasteiger partial charge on any atom is -0.508 e. The number of halogens is 1. The molecule has 0 fully saturated rings. The fourth-order valence-corrected chi connectivity index (χ4v) is 3.73. The predicted octanol–water partition coefficient (Wildman–Crippen LogP) is 4.56. The molecule has 0 atom stereocenters. The van der Waals surface area contributed by atoms with Gasteiger partial charge in [-0.1, -0.05) is 18.2 Å². The summed E-state index contributed by atoms with van der Waals surface area (Å²) in [5.74, 6) is 0.498. The van der Waals surface area contributed by atoms with Crippen LogP contribution in [0.4, 0.5) is 5.82 Å². The van der Waals surface area contributed by atoms with E-state index in [0.717, 1.165) is 22.2 Å². The van der Waals surface area contributed by atoms with E-state index in [4.69, 9.17) is 22.3 Å². The van der Waals surface area contributed by atoms with Crippen LogP contribution in [0.25, 0.3) is 33.3 Å². The molecule has 4 rings (SSSR count). The van der Waals surface area contributed by atoms with E-state index >= 15 is 0 Å². The number of fused-ring (bicyclic) bond motifs is 3. The molecule has 27 heavy (non-hydrogen) atoms. The van der Waals surface area contributed by atoms with Gasteiger partial charge in [0.15, 0.2) is 5.65 Å². The summed E-state index contributed by atoms with van der Waals surface area (Å²) >= 11 is 6.51. The van der Waals surface area contributed by atoms with Gasteiger partial charge in [-0.25, -0.2) is 15.0 Å². The Morgan fingerprint density at radius 1 is 1.22 bits per heavy atom. The Labute approximate surface area is 161 Å². The summed E-state index contributed by atoms with van der Waals surface area (Å²) in [4.78, 5) is 13.4.